The number of rotatable bonds is 7. The van der Waals surface area contributed by atoms with Gasteiger partial charge in [0.05, 0.1) is 22.5 Å². The lowest BCUT2D eigenvalue weighted by molar-refractivity contribution is -0.147. The number of alkyl halides is 3. The van der Waals surface area contributed by atoms with E-state index in [1.165, 1.54) is 17.4 Å². The average Bonchev–Trinajstić information content (AvgIpc) is 3.13. The first kappa shape index (κ1) is 20.9. The third kappa shape index (κ3) is 6.37. The number of esters is 1. The van der Waals surface area contributed by atoms with Crippen LogP contribution in [0, 0.1) is 0 Å². The van der Waals surface area contributed by atoms with Crippen LogP contribution in [0.15, 0.2) is 35.7 Å². The SMILES string of the molecule is O=C(COC(=O)CCC(=O)c1cccs1)Nc1ccc(Cl)cc1C(F)(F)F. The van der Waals surface area contributed by atoms with Crippen LogP contribution in [0.4, 0.5) is 18.9 Å². The molecule has 0 spiro atoms. The van der Waals surface area contributed by atoms with E-state index in [1.807, 2.05) is 5.32 Å². The maximum Gasteiger partial charge on any atom is 0.418 e. The van der Waals surface area contributed by atoms with Crippen LogP contribution in [0.2, 0.25) is 5.02 Å². The summed E-state index contributed by atoms with van der Waals surface area (Å²) in [5.41, 5.74) is -1.61. The van der Waals surface area contributed by atoms with E-state index >= 15 is 0 Å². The second-order valence-corrected chi connectivity index (χ2v) is 6.68. The topological polar surface area (TPSA) is 72.5 Å². The molecule has 0 saturated heterocycles. The molecule has 2 aromatic rings. The van der Waals surface area contributed by atoms with Crippen molar-refractivity contribution in [1.82, 2.24) is 0 Å². The predicted molar refractivity (Wildman–Crippen MR) is 93.9 cm³/mol. The fraction of sp³-hybridized carbons (Fsp3) is 0.235. The molecule has 0 aliphatic carbocycles. The lowest BCUT2D eigenvalue weighted by Gasteiger charge is -2.14. The van der Waals surface area contributed by atoms with Gasteiger partial charge in [0.2, 0.25) is 0 Å². The minimum atomic E-state index is -4.72. The van der Waals surface area contributed by atoms with Crippen molar-refractivity contribution in [3.8, 4) is 0 Å². The number of amides is 1. The number of carbonyl (C=O) groups is 3. The Morgan fingerprint density at radius 1 is 1.15 bits per heavy atom. The molecule has 0 aliphatic rings. The number of hydrogen-bond donors (Lipinski definition) is 1. The van der Waals surface area contributed by atoms with Gasteiger partial charge in [-0.15, -0.1) is 11.3 Å². The van der Waals surface area contributed by atoms with Crippen molar-refractivity contribution in [3.05, 3.63) is 51.2 Å². The van der Waals surface area contributed by atoms with E-state index in [-0.39, 0.29) is 23.6 Å². The van der Waals surface area contributed by atoms with Crippen LogP contribution in [-0.2, 0) is 20.5 Å². The quantitative estimate of drug-likeness (QED) is 0.527. The summed E-state index contributed by atoms with van der Waals surface area (Å²) in [5.74, 6) is -1.98. The molecule has 0 fully saturated rings. The van der Waals surface area contributed by atoms with Crippen molar-refractivity contribution in [2.24, 2.45) is 0 Å². The lowest BCUT2D eigenvalue weighted by Crippen LogP contribution is -2.23. The van der Waals surface area contributed by atoms with Crippen molar-refractivity contribution >= 4 is 46.3 Å². The number of halogens is 4. The molecule has 1 aromatic carbocycles. The number of anilines is 1. The molecule has 27 heavy (non-hydrogen) atoms. The Labute approximate surface area is 161 Å². The van der Waals surface area contributed by atoms with E-state index in [2.05, 4.69) is 4.74 Å². The van der Waals surface area contributed by atoms with Gasteiger partial charge in [-0.25, -0.2) is 0 Å². The second-order valence-electron chi connectivity index (χ2n) is 5.30. The number of ether oxygens (including phenoxy) is 1. The fourth-order valence-electron chi connectivity index (χ4n) is 2.04. The number of Topliss-reactive ketones (excluding diaryl/α,β-unsaturated/α-hetero) is 1. The number of hydrogen-bond acceptors (Lipinski definition) is 5. The van der Waals surface area contributed by atoms with E-state index in [0.717, 1.165) is 6.07 Å². The zero-order chi connectivity index (χ0) is 20.0. The molecule has 0 bridgehead atoms. The molecule has 5 nitrogen and oxygen atoms in total. The number of benzene rings is 1. The Kier molecular flexibility index (Phi) is 6.98. The van der Waals surface area contributed by atoms with E-state index in [9.17, 15) is 27.6 Å². The van der Waals surface area contributed by atoms with Crippen LogP contribution >= 0.6 is 22.9 Å². The Morgan fingerprint density at radius 2 is 1.89 bits per heavy atom. The summed E-state index contributed by atoms with van der Waals surface area (Å²) in [5, 5.41) is 3.61. The maximum absolute atomic E-state index is 13.0. The zero-order valence-electron chi connectivity index (χ0n) is 13.6. The van der Waals surface area contributed by atoms with Gasteiger partial charge in [-0.05, 0) is 29.6 Å². The lowest BCUT2D eigenvalue weighted by atomic mass is 10.1. The highest BCUT2D eigenvalue weighted by molar-refractivity contribution is 7.12. The molecule has 1 amide bonds. The van der Waals surface area contributed by atoms with Crippen LogP contribution in [0.3, 0.4) is 0 Å². The van der Waals surface area contributed by atoms with Crippen LogP contribution in [0.1, 0.15) is 28.1 Å². The smallest absolute Gasteiger partial charge is 0.418 e. The summed E-state index contributed by atoms with van der Waals surface area (Å²) in [7, 11) is 0. The Bertz CT molecular complexity index is 837. The summed E-state index contributed by atoms with van der Waals surface area (Å²) in [4.78, 5) is 35.6. The minimum Gasteiger partial charge on any atom is -0.456 e. The third-order valence-electron chi connectivity index (χ3n) is 3.28. The normalized spacial score (nSPS) is 11.1. The molecular formula is C17H13ClF3NO4S. The van der Waals surface area contributed by atoms with Gasteiger partial charge >= 0.3 is 12.1 Å². The minimum absolute atomic E-state index is 0.0869. The van der Waals surface area contributed by atoms with E-state index in [0.29, 0.717) is 10.9 Å². The molecule has 0 unspecified atom stereocenters. The van der Waals surface area contributed by atoms with Gasteiger partial charge in [-0.1, -0.05) is 17.7 Å². The molecule has 10 heteroatoms. The van der Waals surface area contributed by atoms with Gasteiger partial charge in [0, 0.05) is 11.4 Å². The monoisotopic (exact) mass is 419 g/mol. The van der Waals surface area contributed by atoms with E-state index in [4.69, 9.17) is 11.6 Å². The van der Waals surface area contributed by atoms with Crippen LogP contribution in [0.5, 0.6) is 0 Å². The maximum atomic E-state index is 13.0. The van der Waals surface area contributed by atoms with Crippen molar-refractivity contribution in [2.45, 2.75) is 19.0 Å². The predicted octanol–water partition coefficient (Wildman–Crippen LogP) is 4.57. The van der Waals surface area contributed by atoms with E-state index < -0.39 is 35.9 Å². The molecule has 0 saturated carbocycles. The van der Waals surface area contributed by atoms with Gasteiger partial charge < -0.3 is 10.1 Å². The number of nitrogens with one attached hydrogen (secondary N) is 1. The second kappa shape index (κ2) is 9.01. The summed E-state index contributed by atoms with van der Waals surface area (Å²) >= 11 is 6.79. The summed E-state index contributed by atoms with van der Waals surface area (Å²) in [6.45, 7) is -0.772. The molecule has 2 rings (SSSR count). The molecule has 0 radical (unpaired) electrons. The number of ketones is 1. The Hall–Kier alpha value is -2.39. The van der Waals surface area contributed by atoms with E-state index in [1.54, 1.807) is 17.5 Å². The van der Waals surface area contributed by atoms with Gasteiger partial charge in [0.1, 0.15) is 0 Å². The van der Waals surface area contributed by atoms with Crippen LogP contribution < -0.4 is 5.32 Å². The largest absolute Gasteiger partial charge is 0.456 e. The van der Waals surface area contributed by atoms with Gasteiger partial charge in [0.15, 0.2) is 12.4 Å². The van der Waals surface area contributed by atoms with Crippen molar-refractivity contribution in [1.29, 1.82) is 0 Å². The fourth-order valence-corrected chi connectivity index (χ4v) is 2.91. The zero-order valence-corrected chi connectivity index (χ0v) is 15.2. The van der Waals surface area contributed by atoms with Gasteiger partial charge in [0.25, 0.3) is 5.91 Å². The van der Waals surface area contributed by atoms with Crippen molar-refractivity contribution in [3.63, 3.8) is 0 Å². The molecule has 144 valence electrons. The molecule has 1 aromatic heterocycles. The Balaban J connectivity index is 1.84. The van der Waals surface area contributed by atoms with Crippen LogP contribution in [0.25, 0.3) is 0 Å². The summed E-state index contributed by atoms with van der Waals surface area (Å²) in [6, 6.07) is 6.20. The first-order valence-electron chi connectivity index (χ1n) is 7.55. The summed E-state index contributed by atoms with van der Waals surface area (Å²) < 4.78 is 43.6. The molecule has 1 heterocycles. The molecule has 0 atom stereocenters. The third-order valence-corrected chi connectivity index (χ3v) is 4.42. The van der Waals surface area contributed by atoms with Gasteiger partial charge in [-0.2, -0.15) is 13.2 Å². The molecular weight excluding hydrogens is 407 g/mol. The van der Waals surface area contributed by atoms with Crippen molar-refractivity contribution in [2.75, 3.05) is 11.9 Å². The Morgan fingerprint density at radius 3 is 2.52 bits per heavy atom. The molecule has 0 aliphatic heterocycles. The highest BCUT2D eigenvalue weighted by Crippen LogP contribution is 2.36. The number of thiophene rings is 1. The number of carbonyl (C=O) groups excluding carboxylic acids is 3. The van der Waals surface area contributed by atoms with Gasteiger partial charge in [-0.3, -0.25) is 14.4 Å². The average molecular weight is 420 g/mol. The first-order chi connectivity index (χ1) is 12.7. The highest BCUT2D eigenvalue weighted by Gasteiger charge is 2.34. The summed E-state index contributed by atoms with van der Waals surface area (Å²) in [6.07, 6.45) is -5.04. The van der Waals surface area contributed by atoms with Crippen LogP contribution in [-0.4, -0.2) is 24.3 Å². The standard InChI is InChI=1S/C17H13ClF3NO4S/c18-10-3-4-12(11(8-10)17(19,20)21)22-15(24)9-26-16(25)6-5-13(23)14-2-1-7-27-14/h1-4,7-8H,5-6,9H2,(H,22,24). The highest BCUT2D eigenvalue weighted by atomic mass is 35.5. The van der Waals surface area contributed by atoms with Crippen molar-refractivity contribution < 1.29 is 32.3 Å². The molecule has 1 N–H and O–H groups in total. The first-order valence-corrected chi connectivity index (χ1v) is 8.81.